The van der Waals surface area contributed by atoms with E-state index in [1.54, 1.807) is 0 Å². The number of carbonyl (C=O) groups is 2. The van der Waals surface area contributed by atoms with Crippen LogP contribution in [0.5, 0.6) is 0 Å². The second-order valence-corrected chi connectivity index (χ2v) is 11.7. The summed E-state index contributed by atoms with van der Waals surface area (Å²) in [5.41, 5.74) is 3.00. The lowest BCUT2D eigenvalue weighted by Gasteiger charge is -2.51. The van der Waals surface area contributed by atoms with Gasteiger partial charge >= 0.3 is 5.97 Å². The van der Waals surface area contributed by atoms with Crippen LogP contribution in [0.15, 0.2) is 16.6 Å². The molecule has 3 aliphatic rings. The van der Waals surface area contributed by atoms with Crippen LogP contribution >= 0.6 is 15.9 Å². The maximum absolute atomic E-state index is 13.7. The SMILES string of the molecule is CC(C)N(C(=O)[C@H]1CC[C@H]2[C@@H]3CCc4cc(C(=O)O)c(Br)cc4[C@H]3CC[C@]12C)C(C)C. The van der Waals surface area contributed by atoms with Crippen molar-refractivity contribution in [2.75, 3.05) is 0 Å². The molecule has 0 aromatic heterocycles. The fourth-order valence-corrected chi connectivity index (χ4v) is 7.98. The quantitative estimate of drug-likeness (QED) is 0.542. The normalized spacial score (nSPS) is 31.9. The van der Waals surface area contributed by atoms with E-state index in [4.69, 9.17) is 0 Å². The number of halogens is 1. The highest BCUT2D eigenvalue weighted by Crippen LogP contribution is 2.63. The molecule has 0 heterocycles. The summed E-state index contributed by atoms with van der Waals surface area (Å²) in [4.78, 5) is 27.3. The van der Waals surface area contributed by atoms with E-state index in [0.717, 1.165) is 38.5 Å². The number of carboxylic acids is 1. The molecule has 0 aliphatic heterocycles. The molecule has 0 spiro atoms. The van der Waals surface area contributed by atoms with Crippen molar-refractivity contribution in [3.05, 3.63) is 33.3 Å². The molecule has 2 saturated carbocycles. The van der Waals surface area contributed by atoms with Gasteiger partial charge in [0.05, 0.1) is 5.56 Å². The van der Waals surface area contributed by atoms with Gasteiger partial charge in [0.25, 0.3) is 0 Å². The van der Waals surface area contributed by atoms with Crippen LogP contribution < -0.4 is 0 Å². The predicted octanol–water partition coefficient (Wildman–Crippen LogP) is 6.27. The van der Waals surface area contributed by atoms with Gasteiger partial charge in [0.1, 0.15) is 0 Å². The first-order chi connectivity index (χ1) is 14.6. The minimum Gasteiger partial charge on any atom is -0.478 e. The number of carboxylic acid groups (broad SMARTS) is 1. The topological polar surface area (TPSA) is 57.6 Å². The molecule has 5 heteroatoms. The van der Waals surface area contributed by atoms with Crippen LogP contribution in [0.25, 0.3) is 0 Å². The van der Waals surface area contributed by atoms with Gasteiger partial charge in [-0.3, -0.25) is 4.79 Å². The summed E-state index contributed by atoms with van der Waals surface area (Å²) in [6.07, 6.45) is 6.38. The van der Waals surface area contributed by atoms with Gasteiger partial charge in [-0.2, -0.15) is 0 Å². The Labute approximate surface area is 194 Å². The Balaban J connectivity index is 1.62. The van der Waals surface area contributed by atoms with Crippen molar-refractivity contribution >= 4 is 27.8 Å². The monoisotopic (exact) mass is 489 g/mol. The average molecular weight is 490 g/mol. The van der Waals surface area contributed by atoms with Crippen molar-refractivity contribution in [1.82, 2.24) is 4.90 Å². The van der Waals surface area contributed by atoms with Crippen LogP contribution in [-0.2, 0) is 11.2 Å². The first kappa shape index (κ1) is 22.8. The molecule has 0 bridgehead atoms. The Morgan fingerprint density at radius 1 is 1.10 bits per heavy atom. The zero-order chi connectivity index (χ0) is 22.7. The number of nitrogens with zero attached hydrogens (tertiary/aromatic N) is 1. The summed E-state index contributed by atoms with van der Waals surface area (Å²) in [6.45, 7) is 10.9. The Morgan fingerprint density at radius 3 is 2.39 bits per heavy atom. The van der Waals surface area contributed by atoms with Crippen LogP contribution in [0.3, 0.4) is 0 Å². The molecule has 4 rings (SSSR count). The fourth-order valence-electron chi connectivity index (χ4n) is 7.45. The van der Waals surface area contributed by atoms with Gasteiger partial charge in [0.15, 0.2) is 0 Å². The molecule has 1 N–H and O–H groups in total. The van der Waals surface area contributed by atoms with E-state index in [1.165, 1.54) is 11.1 Å². The molecule has 0 unspecified atom stereocenters. The van der Waals surface area contributed by atoms with Crippen molar-refractivity contribution in [3.63, 3.8) is 0 Å². The van der Waals surface area contributed by atoms with Crippen molar-refractivity contribution in [1.29, 1.82) is 0 Å². The minimum absolute atomic E-state index is 0.0794. The van der Waals surface area contributed by atoms with Crippen LogP contribution in [0.1, 0.15) is 94.1 Å². The first-order valence-corrected chi connectivity index (χ1v) is 12.7. The van der Waals surface area contributed by atoms with E-state index in [-0.39, 0.29) is 23.4 Å². The van der Waals surface area contributed by atoms with Crippen LogP contribution in [0, 0.1) is 23.2 Å². The van der Waals surface area contributed by atoms with E-state index in [1.807, 2.05) is 6.07 Å². The molecule has 31 heavy (non-hydrogen) atoms. The van der Waals surface area contributed by atoms with Gasteiger partial charge in [-0.15, -0.1) is 0 Å². The van der Waals surface area contributed by atoms with Crippen molar-refractivity contribution in [3.8, 4) is 0 Å². The van der Waals surface area contributed by atoms with E-state index in [0.29, 0.717) is 33.7 Å². The third-order valence-electron chi connectivity index (χ3n) is 8.71. The van der Waals surface area contributed by atoms with E-state index in [9.17, 15) is 14.7 Å². The van der Waals surface area contributed by atoms with Crippen LogP contribution in [0.4, 0.5) is 0 Å². The van der Waals surface area contributed by atoms with Crippen LogP contribution in [0.2, 0.25) is 0 Å². The minimum atomic E-state index is -0.870. The Bertz CT molecular complexity index is 887. The zero-order valence-corrected chi connectivity index (χ0v) is 21.0. The van der Waals surface area contributed by atoms with Gasteiger partial charge in [0.2, 0.25) is 5.91 Å². The largest absolute Gasteiger partial charge is 0.478 e. The molecule has 0 saturated heterocycles. The molecule has 3 aliphatic carbocycles. The fraction of sp³-hybridized carbons (Fsp3) is 0.692. The highest BCUT2D eigenvalue weighted by atomic mass is 79.9. The van der Waals surface area contributed by atoms with Gasteiger partial charge in [-0.05, 0) is 129 Å². The number of rotatable bonds is 4. The number of aromatic carboxylic acids is 1. The first-order valence-electron chi connectivity index (χ1n) is 11.9. The number of aryl methyl sites for hydroxylation is 1. The molecule has 1 amide bonds. The third kappa shape index (κ3) is 3.65. The van der Waals surface area contributed by atoms with E-state index in [2.05, 4.69) is 61.5 Å². The third-order valence-corrected chi connectivity index (χ3v) is 9.36. The maximum atomic E-state index is 13.7. The Kier molecular flexibility index (Phi) is 6.04. The lowest BCUT2D eigenvalue weighted by atomic mass is 9.54. The number of carbonyl (C=O) groups excluding carboxylic acids is 1. The summed E-state index contributed by atoms with van der Waals surface area (Å²) in [7, 11) is 0. The Hall–Kier alpha value is -1.36. The van der Waals surface area contributed by atoms with Gasteiger partial charge < -0.3 is 10.0 Å². The number of fused-ring (bicyclic) bond motifs is 5. The summed E-state index contributed by atoms with van der Waals surface area (Å²) in [5, 5.41) is 9.49. The number of hydrogen-bond donors (Lipinski definition) is 1. The highest BCUT2D eigenvalue weighted by molar-refractivity contribution is 9.10. The molecule has 1 aromatic rings. The van der Waals surface area contributed by atoms with Crippen molar-refractivity contribution in [2.24, 2.45) is 23.2 Å². The molecule has 2 fully saturated rings. The summed E-state index contributed by atoms with van der Waals surface area (Å²) in [6, 6.07) is 4.42. The summed E-state index contributed by atoms with van der Waals surface area (Å²) >= 11 is 3.50. The lowest BCUT2D eigenvalue weighted by Crippen LogP contribution is -2.50. The Morgan fingerprint density at radius 2 is 1.77 bits per heavy atom. The average Bonchev–Trinajstić information content (AvgIpc) is 3.03. The smallest absolute Gasteiger partial charge is 0.336 e. The maximum Gasteiger partial charge on any atom is 0.336 e. The standard InChI is InChI=1S/C26H36BrNO3/c1-14(2)28(15(3)4)24(29)22-9-8-21-18-7-6-16-12-20(25(30)31)23(27)13-19(16)17(18)10-11-26(21,22)5/h12-15,17-18,21-22H,6-11H2,1-5H3,(H,30,31)/t17-,18+,21-,22+,26-/m0/s1. The molecular formula is C26H36BrNO3. The van der Waals surface area contributed by atoms with Gasteiger partial charge in [0, 0.05) is 22.5 Å². The van der Waals surface area contributed by atoms with E-state index >= 15 is 0 Å². The molecule has 0 radical (unpaired) electrons. The molecular weight excluding hydrogens is 454 g/mol. The highest BCUT2D eigenvalue weighted by Gasteiger charge is 2.57. The van der Waals surface area contributed by atoms with Gasteiger partial charge in [-0.25, -0.2) is 4.79 Å². The second-order valence-electron chi connectivity index (χ2n) is 10.9. The van der Waals surface area contributed by atoms with Crippen molar-refractivity contribution in [2.45, 2.75) is 91.1 Å². The molecule has 4 nitrogen and oxygen atoms in total. The molecule has 5 atom stereocenters. The predicted molar refractivity (Wildman–Crippen MR) is 126 cm³/mol. The lowest BCUT2D eigenvalue weighted by molar-refractivity contribution is -0.144. The molecule has 1 aromatic carbocycles. The van der Waals surface area contributed by atoms with E-state index < -0.39 is 5.97 Å². The van der Waals surface area contributed by atoms with Crippen molar-refractivity contribution < 1.29 is 14.7 Å². The van der Waals surface area contributed by atoms with Gasteiger partial charge in [-0.1, -0.05) is 6.92 Å². The number of benzene rings is 1. The number of amides is 1. The summed E-state index contributed by atoms with van der Waals surface area (Å²) < 4.78 is 0.691. The summed E-state index contributed by atoms with van der Waals surface area (Å²) in [5.74, 6) is 1.28. The second kappa shape index (κ2) is 8.20. The number of hydrogen-bond acceptors (Lipinski definition) is 2. The molecule has 170 valence electrons. The van der Waals surface area contributed by atoms with Crippen LogP contribution in [-0.4, -0.2) is 34.0 Å². The zero-order valence-electron chi connectivity index (χ0n) is 19.5.